The molecule has 4 heteroatoms. The number of nitrogens with zero attached hydrogens (tertiary/aromatic N) is 2. The topological polar surface area (TPSA) is 36.1 Å². The molecule has 0 aliphatic rings. The van der Waals surface area contributed by atoms with Gasteiger partial charge in [0.15, 0.2) is 0 Å². The Kier molecular flexibility index (Phi) is 15.9. The predicted octanol–water partition coefficient (Wildman–Crippen LogP) is 0.240. The Balaban J connectivity index is 0. The molecule has 0 unspecified atom stereocenters. The van der Waals surface area contributed by atoms with Crippen molar-refractivity contribution in [2.75, 3.05) is 0 Å². The van der Waals surface area contributed by atoms with Crippen LogP contribution in [-0.4, -0.2) is 0 Å². The van der Waals surface area contributed by atoms with Gasteiger partial charge in [0, 0.05) is 0 Å². The molecule has 0 saturated carbocycles. The fourth-order valence-corrected chi connectivity index (χ4v) is 0. The fourth-order valence-electron chi connectivity index (χ4n) is 0. The summed E-state index contributed by atoms with van der Waals surface area (Å²) in [5.41, 5.74) is 0. The van der Waals surface area contributed by atoms with E-state index in [9.17, 15) is 0 Å². The molecule has 0 aromatic carbocycles. The van der Waals surface area contributed by atoms with Crippen molar-refractivity contribution in [2.24, 2.45) is 4.36 Å². The number of rotatable bonds is 0. The highest BCUT2D eigenvalue weighted by molar-refractivity contribution is 8.93. The summed E-state index contributed by atoms with van der Waals surface area (Å²) in [4.78, 5) is 0. The lowest BCUT2D eigenvalue weighted by Crippen LogP contribution is -1.24. The molecule has 0 saturated heterocycles. The van der Waals surface area contributed by atoms with Crippen molar-refractivity contribution in [3.63, 3.8) is 0 Å². The highest BCUT2D eigenvalue weighted by Crippen LogP contribution is 1.40. The summed E-state index contributed by atoms with van der Waals surface area (Å²) in [5, 5.41) is 7.41. The number of nitriles is 1. The molecule has 0 rings (SSSR count). The van der Waals surface area contributed by atoms with Crippen molar-refractivity contribution >= 4 is 29.4 Å². The van der Waals surface area contributed by atoms with Gasteiger partial charge in [0.1, 0.15) is 0 Å². The van der Waals surface area contributed by atoms with Crippen LogP contribution in [0.3, 0.4) is 0 Å². The predicted molar refractivity (Wildman–Crippen MR) is 28.5 cm³/mol. The molecule has 0 spiro atoms. The lowest BCUT2D eigenvalue weighted by atomic mass is 11.5. The van der Waals surface area contributed by atoms with Crippen LogP contribution in [-0.2, 0) is 12.4 Å². The molecule has 5 heavy (non-hydrogen) atoms. The van der Waals surface area contributed by atoms with Gasteiger partial charge in [-0.05, 0) is 0 Å². The van der Waals surface area contributed by atoms with E-state index in [0.717, 1.165) is 0 Å². The van der Waals surface area contributed by atoms with E-state index < -0.39 is 0 Å². The maximum absolute atomic E-state index is 7.41. The molecule has 0 radical (unpaired) electrons. The summed E-state index contributed by atoms with van der Waals surface area (Å²) >= 11 is 2.55. The van der Waals surface area contributed by atoms with Gasteiger partial charge in [0.25, 0.3) is 0 Å². The van der Waals surface area contributed by atoms with Crippen molar-refractivity contribution in [3.8, 4) is 6.19 Å². The molecule has 0 heterocycles. The van der Waals surface area contributed by atoms with Gasteiger partial charge in [-0.1, -0.05) is 0 Å². The molecule has 0 aromatic heterocycles. The minimum Gasteiger partial charge on any atom is -0.170 e. The van der Waals surface area contributed by atoms with Crippen molar-refractivity contribution in [1.82, 2.24) is 0 Å². The van der Waals surface area contributed by atoms with Crippen molar-refractivity contribution in [2.45, 2.75) is 0 Å². The van der Waals surface area contributed by atoms with Crippen LogP contribution in [0.4, 0.5) is 0 Å². The standard InChI is InChI=1S/CH2N2S.BrH/c2-1-3-4;/h4H2;1H. The van der Waals surface area contributed by atoms with E-state index >= 15 is 0 Å². The molecular formula is CH3BrN2S. The summed E-state index contributed by atoms with van der Waals surface area (Å²) in [6.45, 7) is 0. The molecule has 0 N–H and O–H groups in total. The summed E-state index contributed by atoms with van der Waals surface area (Å²) in [7, 11) is 0. The highest BCUT2D eigenvalue weighted by Gasteiger charge is 1.32. The third-order valence-corrected chi connectivity index (χ3v) is 0.150. The summed E-state index contributed by atoms with van der Waals surface area (Å²) in [5.74, 6) is 0. The zero-order valence-corrected chi connectivity index (χ0v) is 5.02. The zero-order chi connectivity index (χ0) is 3.41. The van der Waals surface area contributed by atoms with Crippen LogP contribution in [0.25, 0.3) is 0 Å². The van der Waals surface area contributed by atoms with E-state index in [-0.39, 0.29) is 17.0 Å². The van der Waals surface area contributed by atoms with E-state index in [2.05, 4.69) is 16.8 Å². The van der Waals surface area contributed by atoms with Gasteiger partial charge in [0.2, 0.25) is 6.19 Å². The first-order valence-electron chi connectivity index (χ1n) is 0.671. The summed E-state index contributed by atoms with van der Waals surface area (Å²) < 4.78 is 2.85. The van der Waals surface area contributed by atoms with E-state index in [1.165, 1.54) is 6.19 Å². The first kappa shape index (κ1) is 8.93. The number of hydrogen-bond donors (Lipinski definition) is 0. The van der Waals surface area contributed by atoms with Crippen LogP contribution in [0.2, 0.25) is 0 Å². The Bertz CT molecular complexity index is 55.2. The van der Waals surface area contributed by atoms with Crippen LogP contribution < -0.4 is 0 Å². The molecule has 30 valence electrons. The van der Waals surface area contributed by atoms with Crippen molar-refractivity contribution < 1.29 is 0 Å². The molecule has 0 aliphatic carbocycles. The largest absolute Gasteiger partial charge is 0.211 e. The molecular weight excluding hydrogens is 152 g/mol. The summed E-state index contributed by atoms with van der Waals surface area (Å²) in [6.07, 6.45) is 1.47. The van der Waals surface area contributed by atoms with Gasteiger partial charge in [0.05, 0.1) is 0 Å². The van der Waals surface area contributed by atoms with E-state index in [1.807, 2.05) is 0 Å². The molecule has 0 atom stereocenters. The van der Waals surface area contributed by atoms with E-state index in [1.54, 1.807) is 0 Å². The Hall–Kier alpha value is 0.120. The fraction of sp³-hybridized carbons (Fsp3) is 0. The molecule has 0 amide bonds. The minimum atomic E-state index is 0. The third kappa shape index (κ3) is 14.8. The Morgan fingerprint density at radius 2 is 2.00 bits per heavy atom. The van der Waals surface area contributed by atoms with Crippen LogP contribution in [0, 0.1) is 11.5 Å². The maximum Gasteiger partial charge on any atom is 0.211 e. The minimum absolute atomic E-state index is 0. The SMILES string of the molecule is Br.N#CN=[SH2]. The first-order chi connectivity index (χ1) is 1.91. The van der Waals surface area contributed by atoms with Crippen LogP contribution in [0.1, 0.15) is 0 Å². The van der Waals surface area contributed by atoms with Crippen LogP contribution in [0.15, 0.2) is 4.36 Å². The van der Waals surface area contributed by atoms with Crippen molar-refractivity contribution in [3.05, 3.63) is 0 Å². The monoisotopic (exact) mass is 154 g/mol. The van der Waals surface area contributed by atoms with E-state index in [4.69, 9.17) is 5.26 Å². The van der Waals surface area contributed by atoms with Crippen LogP contribution in [0.5, 0.6) is 0 Å². The average molecular weight is 155 g/mol. The average Bonchev–Trinajstić information content (AvgIpc) is 1.37. The Morgan fingerprint density at radius 1 is 1.80 bits per heavy atom. The molecule has 0 aliphatic heterocycles. The van der Waals surface area contributed by atoms with Crippen LogP contribution >= 0.6 is 17.0 Å². The second kappa shape index (κ2) is 8.92. The van der Waals surface area contributed by atoms with E-state index in [0.29, 0.717) is 0 Å². The van der Waals surface area contributed by atoms with Gasteiger partial charge in [-0.15, -0.1) is 29.4 Å². The van der Waals surface area contributed by atoms with Gasteiger partial charge in [-0.3, -0.25) is 0 Å². The Morgan fingerprint density at radius 3 is 2.00 bits per heavy atom. The second-order valence-electron chi connectivity index (χ2n) is 0.212. The quantitative estimate of drug-likeness (QED) is 0.461. The Labute approximate surface area is 45.7 Å². The second-order valence-corrected chi connectivity index (χ2v) is 0.435. The molecule has 2 nitrogen and oxygen atoms in total. The highest BCUT2D eigenvalue weighted by atomic mass is 79.9. The summed E-state index contributed by atoms with van der Waals surface area (Å²) in [6, 6.07) is 0. The van der Waals surface area contributed by atoms with Gasteiger partial charge >= 0.3 is 0 Å². The molecule has 0 aromatic rings. The molecule has 0 fully saturated rings. The lowest BCUT2D eigenvalue weighted by Gasteiger charge is -1.35. The zero-order valence-electron chi connectivity index (χ0n) is 2.30. The molecule has 0 bridgehead atoms. The maximum atomic E-state index is 7.41. The lowest BCUT2D eigenvalue weighted by molar-refractivity contribution is 1.47. The van der Waals surface area contributed by atoms with Gasteiger partial charge < -0.3 is 0 Å². The normalized spacial score (nSPS) is 3.20. The van der Waals surface area contributed by atoms with Crippen molar-refractivity contribution in [1.29, 1.82) is 5.26 Å². The smallest absolute Gasteiger partial charge is 0.170 e. The third-order valence-electron chi connectivity index (χ3n) is 0.0500. The van der Waals surface area contributed by atoms with Gasteiger partial charge in [-0.25, -0.2) is 0 Å². The number of hydrogen-bond acceptors (Lipinski definition) is 2. The van der Waals surface area contributed by atoms with Gasteiger partial charge in [-0.2, -0.15) is 9.62 Å². The number of halogens is 1. The first-order valence-corrected chi connectivity index (χ1v) is 1.12.